The van der Waals surface area contributed by atoms with Gasteiger partial charge in [0.2, 0.25) is 0 Å². The summed E-state index contributed by atoms with van der Waals surface area (Å²) >= 11 is -0.347. The van der Waals surface area contributed by atoms with E-state index in [1.165, 1.54) is 0 Å². The molecular weight excluding hydrogens is 379 g/mol. The Morgan fingerprint density at radius 1 is 1.12 bits per heavy atom. The summed E-state index contributed by atoms with van der Waals surface area (Å²) in [6, 6.07) is 7.10. The normalized spacial score (nSPS) is 11.0. The molecule has 0 unspecified atom stereocenters. The number of nitro groups is 1. The van der Waals surface area contributed by atoms with Crippen molar-refractivity contribution in [3.05, 3.63) is 63.7 Å². The van der Waals surface area contributed by atoms with Crippen molar-refractivity contribution in [1.82, 2.24) is 0 Å². The molecule has 2 aromatic rings. The molecule has 0 atom stereocenters. The fourth-order valence-electron chi connectivity index (χ4n) is 1.87. The number of aromatic carboxylic acids is 1. The van der Waals surface area contributed by atoms with Crippen molar-refractivity contribution < 1.29 is 37.5 Å². The van der Waals surface area contributed by atoms with Gasteiger partial charge >= 0.3 is 17.4 Å². The SMILES string of the molecule is O=C(Oc1ccc([N+](=O)[O-])c(C(=O)O)c1)c1ccc(SC(F)(F)F)cc1. The number of rotatable bonds is 5. The summed E-state index contributed by atoms with van der Waals surface area (Å²) in [5.41, 5.74) is -5.89. The molecule has 26 heavy (non-hydrogen) atoms. The molecule has 0 aliphatic carbocycles. The average molecular weight is 387 g/mol. The third-order valence-electron chi connectivity index (χ3n) is 2.93. The molecule has 11 heteroatoms. The number of nitro benzene ring substituents is 1. The highest BCUT2D eigenvalue weighted by Crippen LogP contribution is 2.36. The van der Waals surface area contributed by atoms with E-state index in [9.17, 15) is 32.9 Å². The van der Waals surface area contributed by atoms with Gasteiger partial charge in [-0.2, -0.15) is 13.2 Å². The Balaban J connectivity index is 2.18. The summed E-state index contributed by atoms with van der Waals surface area (Å²) in [6.07, 6.45) is 0. The number of ether oxygens (including phenoxy) is 1. The Morgan fingerprint density at radius 3 is 2.23 bits per heavy atom. The van der Waals surface area contributed by atoms with Gasteiger partial charge in [-0.25, -0.2) is 9.59 Å². The van der Waals surface area contributed by atoms with Gasteiger partial charge in [0.1, 0.15) is 11.3 Å². The largest absolute Gasteiger partial charge is 0.477 e. The topological polar surface area (TPSA) is 107 Å². The zero-order chi connectivity index (χ0) is 19.5. The molecule has 0 saturated carbocycles. The van der Waals surface area contributed by atoms with Crippen LogP contribution in [0.5, 0.6) is 5.75 Å². The Morgan fingerprint density at radius 2 is 1.73 bits per heavy atom. The molecule has 0 amide bonds. The highest BCUT2D eigenvalue weighted by Gasteiger charge is 2.29. The van der Waals surface area contributed by atoms with Gasteiger partial charge < -0.3 is 9.84 Å². The minimum atomic E-state index is -4.46. The number of carbonyl (C=O) groups is 2. The second kappa shape index (κ2) is 7.44. The van der Waals surface area contributed by atoms with E-state index in [2.05, 4.69) is 0 Å². The van der Waals surface area contributed by atoms with E-state index >= 15 is 0 Å². The summed E-state index contributed by atoms with van der Waals surface area (Å²) in [6.45, 7) is 0. The molecule has 0 aliphatic heterocycles. The molecule has 0 aromatic heterocycles. The van der Waals surface area contributed by atoms with E-state index in [0.29, 0.717) is 0 Å². The lowest BCUT2D eigenvalue weighted by Crippen LogP contribution is -2.10. The van der Waals surface area contributed by atoms with E-state index in [0.717, 1.165) is 42.5 Å². The maximum atomic E-state index is 12.3. The Labute approximate surface area is 147 Å². The van der Waals surface area contributed by atoms with Crippen molar-refractivity contribution >= 4 is 29.4 Å². The Kier molecular flexibility index (Phi) is 5.50. The lowest BCUT2D eigenvalue weighted by molar-refractivity contribution is -0.385. The number of carboxylic acids is 1. The van der Waals surface area contributed by atoms with Crippen molar-refractivity contribution in [2.75, 3.05) is 0 Å². The molecule has 2 aromatic carbocycles. The molecule has 0 radical (unpaired) electrons. The predicted molar refractivity (Wildman–Crippen MR) is 83.4 cm³/mol. The van der Waals surface area contributed by atoms with Gasteiger partial charge in [-0.3, -0.25) is 10.1 Å². The Hall–Kier alpha value is -3.08. The maximum absolute atomic E-state index is 12.3. The van der Waals surface area contributed by atoms with Gasteiger partial charge in [-0.1, -0.05) is 0 Å². The predicted octanol–water partition coefficient (Wildman–Crippen LogP) is 4.12. The fraction of sp³-hybridized carbons (Fsp3) is 0.0667. The van der Waals surface area contributed by atoms with Crippen molar-refractivity contribution in [1.29, 1.82) is 0 Å². The highest BCUT2D eigenvalue weighted by molar-refractivity contribution is 8.00. The Bertz CT molecular complexity index is 867. The molecule has 136 valence electrons. The molecule has 0 bridgehead atoms. The van der Waals surface area contributed by atoms with Gasteiger partial charge in [-0.05, 0) is 42.1 Å². The summed E-state index contributed by atoms with van der Waals surface area (Å²) in [5, 5.41) is 19.7. The van der Waals surface area contributed by atoms with Crippen LogP contribution in [0.4, 0.5) is 18.9 Å². The number of carboxylic acid groups (broad SMARTS) is 1. The van der Waals surface area contributed by atoms with Crippen LogP contribution in [0.15, 0.2) is 47.4 Å². The van der Waals surface area contributed by atoms with Crippen molar-refractivity contribution in [3.8, 4) is 5.75 Å². The lowest BCUT2D eigenvalue weighted by atomic mass is 10.1. The molecule has 0 aliphatic rings. The van der Waals surface area contributed by atoms with Crippen LogP contribution < -0.4 is 4.74 Å². The van der Waals surface area contributed by atoms with Crippen LogP contribution in [-0.4, -0.2) is 27.5 Å². The van der Waals surface area contributed by atoms with E-state index < -0.39 is 33.6 Å². The van der Waals surface area contributed by atoms with Gasteiger partial charge in [-0.15, -0.1) is 0 Å². The first kappa shape index (κ1) is 19.2. The van der Waals surface area contributed by atoms with Crippen molar-refractivity contribution in [2.24, 2.45) is 0 Å². The van der Waals surface area contributed by atoms with Crippen LogP contribution in [0.25, 0.3) is 0 Å². The minimum Gasteiger partial charge on any atom is -0.477 e. The fourth-order valence-corrected chi connectivity index (χ4v) is 2.41. The number of hydrogen-bond donors (Lipinski definition) is 1. The van der Waals surface area contributed by atoms with E-state index in [-0.39, 0.29) is 28.0 Å². The zero-order valence-corrected chi connectivity index (χ0v) is 13.3. The summed E-state index contributed by atoms with van der Waals surface area (Å²) in [4.78, 5) is 32.8. The zero-order valence-electron chi connectivity index (χ0n) is 12.5. The van der Waals surface area contributed by atoms with Crippen LogP contribution in [0.1, 0.15) is 20.7 Å². The number of thioether (sulfide) groups is 1. The molecule has 0 heterocycles. The van der Waals surface area contributed by atoms with E-state index in [1.807, 2.05) is 0 Å². The van der Waals surface area contributed by atoms with E-state index in [4.69, 9.17) is 9.84 Å². The summed E-state index contributed by atoms with van der Waals surface area (Å²) in [5.74, 6) is -2.80. The standard InChI is InChI=1S/C15H8F3NO6S/c16-15(17,18)26-10-4-1-8(2-5-10)14(22)25-9-3-6-12(19(23)24)11(7-9)13(20)21/h1-7H,(H,20,21). The molecular formula is C15H8F3NO6S. The monoisotopic (exact) mass is 387 g/mol. The van der Waals surface area contributed by atoms with Crippen LogP contribution in [0.2, 0.25) is 0 Å². The summed E-state index contributed by atoms with van der Waals surface area (Å²) in [7, 11) is 0. The second-order valence-electron chi connectivity index (χ2n) is 4.70. The third kappa shape index (κ3) is 4.96. The molecule has 0 fully saturated rings. The van der Waals surface area contributed by atoms with Crippen molar-refractivity contribution in [3.63, 3.8) is 0 Å². The maximum Gasteiger partial charge on any atom is 0.446 e. The summed E-state index contributed by atoms with van der Waals surface area (Å²) < 4.78 is 41.7. The molecule has 2 rings (SSSR count). The van der Waals surface area contributed by atoms with E-state index in [1.54, 1.807) is 0 Å². The molecule has 0 saturated heterocycles. The first-order chi connectivity index (χ1) is 12.1. The molecule has 0 spiro atoms. The van der Waals surface area contributed by atoms with Gasteiger partial charge in [0, 0.05) is 17.0 Å². The first-order valence-electron chi connectivity index (χ1n) is 6.66. The number of carbonyl (C=O) groups excluding carboxylic acids is 1. The number of nitrogens with zero attached hydrogens (tertiary/aromatic N) is 1. The molecule has 7 nitrogen and oxygen atoms in total. The van der Waals surface area contributed by atoms with Gasteiger partial charge in [0.05, 0.1) is 10.5 Å². The van der Waals surface area contributed by atoms with Crippen LogP contribution >= 0.6 is 11.8 Å². The smallest absolute Gasteiger partial charge is 0.446 e. The number of esters is 1. The van der Waals surface area contributed by atoms with Crippen LogP contribution in [0, 0.1) is 10.1 Å². The third-order valence-corrected chi connectivity index (χ3v) is 3.67. The molecule has 1 N–H and O–H groups in total. The second-order valence-corrected chi connectivity index (χ2v) is 5.84. The van der Waals surface area contributed by atoms with Crippen LogP contribution in [-0.2, 0) is 0 Å². The quantitative estimate of drug-likeness (QED) is 0.270. The lowest BCUT2D eigenvalue weighted by Gasteiger charge is -2.07. The van der Waals surface area contributed by atoms with Crippen LogP contribution in [0.3, 0.4) is 0 Å². The minimum absolute atomic E-state index is 0.0771. The number of halogens is 3. The van der Waals surface area contributed by atoms with Crippen molar-refractivity contribution in [2.45, 2.75) is 10.4 Å². The average Bonchev–Trinajstić information content (AvgIpc) is 2.53. The van der Waals surface area contributed by atoms with Gasteiger partial charge in [0.15, 0.2) is 0 Å². The van der Waals surface area contributed by atoms with Gasteiger partial charge in [0.25, 0.3) is 5.69 Å². The first-order valence-corrected chi connectivity index (χ1v) is 7.48. The number of benzene rings is 2. The highest BCUT2D eigenvalue weighted by atomic mass is 32.2. The number of alkyl halides is 3. The number of hydrogen-bond acceptors (Lipinski definition) is 6.